The average Bonchev–Trinajstić information content (AvgIpc) is 2.60. The number of hydrogen-bond acceptors (Lipinski definition) is 3. The van der Waals surface area contributed by atoms with Crippen LogP contribution < -0.4 is 10.1 Å². The SMILES string of the molecule is CCCOc1ccc(CCC(=O)Nc2ccc(CC(=O)O)cc2)cc1. The molecule has 2 rings (SSSR count). The Morgan fingerprint density at radius 3 is 2.24 bits per heavy atom. The lowest BCUT2D eigenvalue weighted by atomic mass is 10.1. The van der Waals surface area contributed by atoms with Crippen LogP contribution in [0, 0.1) is 0 Å². The molecule has 0 fully saturated rings. The third-order valence-corrected chi connectivity index (χ3v) is 3.63. The zero-order valence-electron chi connectivity index (χ0n) is 14.3. The summed E-state index contributed by atoms with van der Waals surface area (Å²) in [6, 6.07) is 14.6. The summed E-state index contributed by atoms with van der Waals surface area (Å²) in [5.41, 5.74) is 2.45. The molecule has 0 saturated heterocycles. The number of amides is 1. The molecule has 0 saturated carbocycles. The molecule has 0 aliphatic heterocycles. The third kappa shape index (κ3) is 6.67. The van der Waals surface area contributed by atoms with Gasteiger partial charge in [-0.3, -0.25) is 9.59 Å². The Morgan fingerprint density at radius 1 is 1.00 bits per heavy atom. The molecule has 5 heteroatoms. The molecule has 0 atom stereocenters. The van der Waals surface area contributed by atoms with E-state index in [0.717, 1.165) is 17.7 Å². The number of hydrogen-bond donors (Lipinski definition) is 2. The monoisotopic (exact) mass is 341 g/mol. The minimum Gasteiger partial charge on any atom is -0.494 e. The Balaban J connectivity index is 1.79. The Hall–Kier alpha value is -2.82. The molecule has 0 aliphatic rings. The largest absolute Gasteiger partial charge is 0.494 e. The number of carboxylic acids is 1. The smallest absolute Gasteiger partial charge is 0.307 e. The number of ether oxygens (including phenoxy) is 1. The van der Waals surface area contributed by atoms with Crippen molar-refractivity contribution < 1.29 is 19.4 Å². The molecule has 2 aromatic carbocycles. The van der Waals surface area contributed by atoms with Crippen LogP contribution in [-0.2, 0) is 22.4 Å². The normalized spacial score (nSPS) is 10.3. The van der Waals surface area contributed by atoms with E-state index in [1.807, 2.05) is 24.3 Å². The predicted octanol–water partition coefficient (Wildman–Crippen LogP) is 3.67. The van der Waals surface area contributed by atoms with E-state index in [-0.39, 0.29) is 12.3 Å². The van der Waals surface area contributed by atoms with E-state index in [2.05, 4.69) is 12.2 Å². The van der Waals surface area contributed by atoms with Crippen LogP contribution in [0.25, 0.3) is 0 Å². The highest BCUT2D eigenvalue weighted by atomic mass is 16.5. The van der Waals surface area contributed by atoms with Gasteiger partial charge >= 0.3 is 5.97 Å². The zero-order chi connectivity index (χ0) is 18.1. The van der Waals surface area contributed by atoms with Crippen molar-refractivity contribution in [2.75, 3.05) is 11.9 Å². The fraction of sp³-hybridized carbons (Fsp3) is 0.300. The van der Waals surface area contributed by atoms with Crippen LogP contribution in [0.4, 0.5) is 5.69 Å². The van der Waals surface area contributed by atoms with Gasteiger partial charge in [0.05, 0.1) is 13.0 Å². The molecule has 0 bridgehead atoms. The predicted molar refractivity (Wildman–Crippen MR) is 97.0 cm³/mol. The molecule has 5 nitrogen and oxygen atoms in total. The maximum atomic E-state index is 12.0. The summed E-state index contributed by atoms with van der Waals surface area (Å²) in [5, 5.41) is 11.6. The molecule has 0 heterocycles. The van der Waals surface area contributed by atoms with E-state index in [0.29, 0.717) is 30.7 Å². The van der Waals surface area contributed by atoms with Gasteiger partial charge in [0.1, 0.15) is 5.75 Å². The Morgan fingerprint density at radius 2 is 1.64 bits per heavy atom. The van der Waals surface area contributed by atoms with Crippen LogP contribution in [-0.4, -0.2) is 23.6 Å². The minimum absolute atomic E-state index is 0.0216. The maximum Gasteiger partial charge on any atom is 0.307 e. The summed E-state index contributed by atoms with van der Waals surface area (Å²) < 4.78 is 5.53. The topological polar surface area (TPSA) is 75.6 Å². The molecule has 132 valence electrons. The number of carbonyl (C=O) groups excluding carboxylic acids is 1. The van der Waals surface area contributed by atoms with Crippen LogP contribution in [0.3, 0.4) is 0 Å². The van der Waals surface area contributed by atoms with E-state index >= 15 is 0 Å². The van der Waals surface area contributed by atoms with Gasteiger partial charge in [-0.1, -0.05) is 31.2 Å². The summed E-state index contributed by atoms with van der Waals surface area (Å²) >= 11 is 0. The summed E-state index contributed by atoms with van der Waals surface area (Å²) in [6.45, 7) is 2.76. The van der Waals surface area contributed by atoms with Crippen molar-refractivity contribution >= 4 is 17.6 Å². The second-order valence-electron chi connectivity index (χ2n) is 5.81. The minimum atomic E-state index is -0.872. The first kappa shape index (κ1) is 18.5. The number of nitrogens with one attached hydrogen (secondary N) is 1. The lowest BCUT2D eigenvalue weighted by Gasteiger charge is -2.07. The first-order chi connectivity index (χ1) is 12.1. The lowest BCUT2D eigenvalue weighted by Crippen LogP contribution is -2.12. The number of aliphatic carboxylic acids is 1. The first-order valence-corrected chi connectivity index (χ1v) is 8.39. The van der Waals surface area contributed by atoms with Gasteiger partial charge in [-0.2, -0.15) is 0 Å². The van der Waals surface area contributed by atoms with Gasteiger partial charge in [-0.05, 0) is 48.2 Å². The lowest BCUT2D eigenvalue weighted by molar-refractivity contribution is -0.136. The molecular formula is C20H23NO4. The highest BCUT2D eigenvalue weighted by Gasteiger charge is 2.05. The second-order valence-corrected chi connectivity index (χ2v) is 5.81. The van der Waals surface area contributed by atoms with Gasteiger partial charge in [-0.15, -0.1) is 0 Å². The molecule has 2 N–H and O–H groups in total. The van der Waals surface area contributed by atoms with Crippen molar-refractivity contribution in [3.63, 3.8) is 0 Å². The number of aryl methyl sites for hydroxylation is 1. The molecular weight excluding hydrogens is 318 g/mol. The number of benzene rings is 2. The standard InChI is InChI=1S/C20H23NO4/c1-2-13-25-18-10-5-15(6-11-18)7-12-19(22)21-17-8-3-16(4-9-17)14-20(23)24/h3-6,8-11H,2,7,12-14H2,1H3,(H,21,22)(H,23,24). The third-order valence-electron chi connectivity index (χ3n) is 3.63. The van der Waals surface area contributed by atoms with Gasteiger partial charge in [0.2, 0.25) is 5.91 Å². The molecule has 0 unspecified atom stereocenters. The van der Waals surface area contributed by atoms with Crippen LogP contribution in [0.15, 0.2) is 48.5 Å². The molecule has 0 radical (unpaired) electrons. The molecule has 0 aromatic heterocycles. The fourth-order valence-electron chi connectivity index (χ4n) is 2.33. The summed E-state index contributed by atoms with van der Waals surface area (Å²) in [5.74, 6) is -0.100. The van der Waals surface area contributed by atoms with E-state index in [4.69, 9.17) is 9.84 Å². The van der Waals surface area contributed by atoms with E-state index in [1.165, 1.54) is 0 Å². The van der Waals surface area contributed by atoms with Gasteiger partial charge in [0.15, 0.2) is 0 Å². The first-order valence-electron chi connectivity index (χ1n) is 8.39. The Kier molecular flexibility index (Phi) is 7.01. The van der Waals surface area contributed by atoms with Crippen molar-refractivity contribution in [2.24, 2.45) is 0 Å². The van der Waals surface area contributed by atoms with Crippen molar-refractivity contribution in [1.29, 1.82) is 0 Å². The Bertz CT molecular complexity index is 693. The summed E-state index contributed by atoms with van der Waals surface area (Å²) in [4.78, 5) is 22.7. The average molecular weight is 341 g/mol. The maximum absolute atomic E-state index is 12.0. The van der Waals surface area contributed by atoms with Crippen molar-refractivity contribution in [1.82, 2.24) is 0 Å². The van der Waals surface area contributed by atoms with Gasteiger partial charge in [0.25, 0.3) is 0 Å². The quantitative estimate of drug-likeness (QED) is 0.729. The Labute approximate surface area is 147 Å². The zero-order valence-corrected chi connectivity index (χ0v) is 14.3. The van der Waals surface area contributed by atoms with Crippen LogP contribution in [0.5, 0.6) is 5.75 Å². The number of rotatable bonds is 9. The number of carboxylic acid groups (broad SMARTS) is 1. The molecule has 0 spiro atoms. The van der Waals surface area contributed by atoms with Crippen molar-refractivity contribution in [3.05, 3.63) is 59.7 Å². The van der Waals surface area contributed by atoms with Crippen LogP contribution in [0.2, 0.25) is 0 Å². The number of carbonyl (C=O) groups is 2. The highest BCUT2D eigenvalue weighted by molar-refractivity contribution is 5.90. The molecule has 1 amide bonds. The van der Waals surface area contributed by atoms with E-state index < -0.39 is 5.97 Å². The fourth-order valence-corrected chi connectivity index (χ4v) is 2.33. The molecule has 2 aromatic rings. The molecule has 0 aliphatic carbocycles. The van der Waals surface area contributed by atoms with E-state index in [1.54, 1.807) is 24.3 Å². The number of anilines is 1. The van der Waals surface area contributed by atoms with Crippen molar-refractivity contribution in [3.8, 4) is 5.75 Å². The summed E-state index contributed by atoms with van der Waals surface area (Å²) in [6.07, 6.45) is 1.98. The van der Waals surface area contributed by atoms with Crippen LogP contribution in [0.1, 0.15) is 30.9 Å². The van der Waals surface area contributed by atoms with Crippen LogP contribution >= 0.6 is 0 Å². The van der Waals surface area contributed by atoms with Gasteiger partial charge < -0.3 is 15.2 Å². The highest BCUT2D eigenvalue weighted by Crippen LogP contribution is 2.15. The molecule has 25 heavy (non-hydrogen) atoms. The summed E-state index contributed by atoms with van der Waals surface area (Å²) in [7, 11) is 0. The van der Waals surface area contributed by atoms with Gasteiger partial charge in [0, 0.05) is 12.1 Å². The van der Waals surface area contributed by atoms with Gasteiger partial charge in [-0.25, -0.2) is 0 Å². The van der Waals surface area contributed by atoms with Crippen molar-refractivity contribution in [2.45, 2.75) is 32.6 Å². The van der Waals surface area contributed by atoms with E-state index in [9.17, 15) is 9.59 Å². The second kappa shape index (κ2) is 9.47.